The molecule has 1 heterocycles. The van der Waals surface area contributed by atoms with E-state index < -0.39 is 0 Å². The van der Waals surface area contributed by atoms with Gasteiger partial charge in [-0.3, -0.25) is 4.79 Å². The summed E-state index contributed by atoms with van der Waals surface area (Å²) in [5, 5.41) is 1.54. The third kappa shape index (κ3) is 2.26. The summed E-state index contributed by atoms with van der Waals surface area (Å²) in [7, 11) is 0. The number of hydrogen-bond donors (Lipinski definition) is 1. The molecular formula is C15H8BrCl2NO. The SMILES string of the molecule is O=C(c1c(Cl)cccc1Cl)c1c[nH]c2ccc(Br)cc12. The van der Waals surface area contributed by atoms with Crippen molar-refractivity contribution in [2.24, 2.45) is 0 Å². The highest BCUT2D eigenvalue weighted by Gasteiger charge is 2.19. The topological polar surface area (TPSA) is 32.9 Å². The van der Waals surface area contributed by atoms with Crippen LogP contribution in [0.5, 0.6) is 0 Å². The molecule has 0 atom stereocenters. The molecular weight excluding hydrogens is 361 g/mol. The summed E-state index contributed by atoms with van der Waals surface area (Å²) in [6.07, 6.45) is 1.68. The molecule has 0 unspecified atom stereocenters. The van der Waals surface area contributed by atoms with E-state index >= 15 is 0 Å². The van der Waals surface area contributed by atoms with E-state index in [1.807, 2.05) is 18.2 Å². The molecule has 3 aromatic rings. The van der Waals surface area contributed by atoms with Crippen LogP contribution in [-0.2, 0) is 0 Å². The number of hydrogen-bond acceptors (Lipinski definition) is 1. The third-order valence-corrected chi connectivity index (χ3v) is 4.20. The van der Waals surface area contributed by atoms with Crippen LogP contribution in [0.25, 0.3) is 10.9 Å². The Bertz CT molecular complexity index is 806. The van der Waals surface area contributed by atoms with Gasteiger partial charge in [-0.05, 0) is 30.3 Å². The Morgan fingerprint density at radius 2 is 1.80 bits per heavy atom. The molecule has 0 aliphatic carbocycles. The molecule has 0 radical (unpaired) electrons. The van der Waals surface area contributed by atoms with E-state index in [1.54, 1.807) is 24.4 Å². The standard InChI is InChI=1S/C15H8BrCl2NO/c16-8-4-5-13-9(6-8)10(7-19-13)15(20)14-11(17)2-1-3-12(14)18/h1-7,19H. The van der Waals surface area contributed by atoms with Crippen LogP contribution in [0.15, 0.2) is 47.1 Å². The molecule has 0 amide bonds. The highest BCUT2D eigenvalue weighted by molar-refractivity contribution is 9.10. The van der Waals surface area contributed by atoms with Crippen molar-refractivity contribution in [3.8, 4) is 0 Å². The van der Waals surface area contributed by atoms with Gasteiger partial charge in [0.2, 0.25) is 0 Å². The van der Waals surface area contributed by atoms with Crippen molar-refractivity contribution < 1.29 is 4.79 Å². The molecule has 0 aliphatic rings. The first kappa shape index (κ1) is 13.7. The van der Waals surface area contributed by atoms with E-state index in [9.17, 15) is 4.79 Å². The zero-order chi connectivity index (χ0) is 14.3. The van der Waals surface area contributed by atoms with E-state index in [1.165, 1.54) is 0 Å². The average Bonchev–Trinajstić information content (AvgIpc) is 2.81. The summed E-state index contributed by atoms with van der Waals surface area (Å²) in [5.41, 5.74) is 1.77. The van der Waals surface area contributed by atoms with Gasteiger partial charge in [-0.15, -0.1) is 0 Å². The number of halogens is 3. The van der Waals surface area contributed by atoms with Crippen molar-refractivity contribution in [1.82, 2.24) is 4.98 Å². The fourth-order valence-electron chi connectivity index (χ4n) is 2.13. The summed E-state index contributed by atoms with van der Waals surface area (Å²) < 4.78 is 0.906. The van der Waals surface area contributed by atoms with Crippen molar-refractivity contribution in [3.05, 3.63) is 68.2 Å². The van der Waals surface area contributed by atoms with Crippen LogP contribution < -0.4 is 0 Å². The quantitative estimate of drug-likeness (QED) is 0.598. The molecule has 1 N–H and O–H groups in total. The number of aromatic amines is 1. The van der Waals surface area contributed by atoms with Crippen molar-refractivity contribution in [3.63, 3.8) is 0 Å². The van der Waals surface area contributed by atoms with Crippen LogP contribution in [0.1, 0.15) is 15.9 Å². The number of fused-ring (bicyclic) bond motifs is 1. The second-order valence-electron chi connectivity index (χ2n) is 4.32. The summed E-state index contributed by atoms with van der Waals surface area (Å²) in [6, 6.07) is 10.7. The van der Waals surface area contributed by atoms with Crippen LogP contribution in [0.3, 0.4) is 0 Å². The summed E-state index contributed by atoms with van der Waals surface area (Å²) in [5.74, 6) is -0.190. The minimum Gasteiger partial charge on any atom is -0.360 e. The smallest absolute Gasteiger partial charge is 0.198 e. The van der Waals surface area contributed by atoms with Crippen molar-refractivity contribution in [2.45, 2.75) is 0 Å². The van der Waals surface area contributed by atoms with Gasteiger partial charge in [-0.25, -0.2) is 0 Å². The molecule has 2 nitrogen and oxygen atoms in total. The third-order valence-electron chi connectivity index (χ3n) is 3.08. The van der Waals surface area contributed by atoms with Crippen molar-refractivity contribution >= 4 is 55.8 Å². The second-order valence-corrected chi connectivity index (χ2v) is 6.05. The van der Waals surface area contributed by atoms with Gasteiger partial charge in [0.15, 0.2) is 5.78 Å². The molecule has 0 saturated heterocycles. The van der Waals surface area contributed by atoms with Gasteiger partial charge in [0, 0.05) is 27.1 Å². The number of nitrogens with one attached hydrogen (secondary N) is 1. The molecule has 0 fully saturated rings. The Balaban J connectivity index is 2.21. The Hall–Kier alpha value is -1.29. The second kappa shape index (κ2) is 5.24. The Morgan fingerprint density at radius 1 is 1.10 bits per heavy atom. The number of carbonyl (C=O) groups is 1. The predicted molar refractivity (Wildman–Crippen MR) is 85.9 cm³/mol. The van der Waals surface area contributed by atoms with Crippen LogP contribution in [0, 0.1) is 0 Å². The lowest BCUT2D eigenvalue weighted by Gasteiger charge is -2.05. The lowest BCUT2D eigenvalue weighted by atomic mass is 10.0. The normalized spacial score (nSPS) is 10.9. The monoisotopic (exact) mass is 367 g/mol. The molecule has 2 aromatic carbocycles. The van der Waals surface area contributed by atoms with E-state index in [2.05, 4.69) is 20.9 Å². The lowest BCUT2D eigenvalue weighted by molar-refractivity contribution is 0.104. The van der Waals surface area contributed by atoms with E-state index in [4.69, 9.17) is 23.2 Å². The van der Waals surface area contributed by atoms with E-state index in [-0.39, 0.29) is 5.78 Å². The highest BCUT2D eigenvalue weighted by Crippen LogP contribution is 2.30. The van der Waals surface area contributed by atoms with Gasteiger partial charge in [-0.1, -0.05) is 45.2 Å². The summed E-state index contributed by atoms with van der Waals surface area (Å²) >= 11 is 15.6. The number of benzene rings is 2. The molecule has 100 valence electrons. The van der Waals surface area contributed by atoms with Crippen molar-refractivity contribution in [2.75, 3.05) is 0 Å². The summed E-state index contributed by atoms with van der Waals surface area (Å²) in [6.45, 7) is 0. The van der Waals surface area contributed by atoms with Crippen LogP contribution >= 0.6 is 39.1 Å². The first-order chi connectivity index (χ1) is 9.58. The van der Waals surface area contributed by atoms with Gasteiger partial charge in [0.05, 0.1) is 15.6 Å². The first-order valence-electron chi connectivity index (χ1n) is 5.83. The zero-order valence-electron chi connectivity index (χ0n) is 10.1. The molecule has 3 rings (SSSR count). The Morgan fingerprint density at radius 3 is 2.50 bits per heavy atom. The van der Waals surface area contributed by atoms with E-state index in [0.717, 1.165) is 15.4 Å². The first-order valence-corrected chi connectivity index (χ1v) is 7.38. The molecule has 20 heavy (non-hydrogen) atoms. The minimum absolute atomic E-state index is 0.190. The van der Waals surface area contributed by atoms with Crippen LogP contribution in [0.2, 0.25) is 10.0 Å². The van der Waals surface area contributed by atoms with Gasteiger partial charge in [0.25, 0.3) is 0 Å². The molecule has 0 bridgehead atoms. The maximum absolute atomic E-state index is 12.7. The number of aromatic nitrogens is 1. The lowest BCUT2D eigenvalue weighted by Crippen LogP contribution is -2.02. The Labute approximate surface area is 133 Å². The minimum atomic E-state index is -0.190. The number of rotatable bonds is 2. The van der Waals surface area contributed by atoms with E-state index in [0.29, 0.717) is 21.2 Å². The number of carbonyl (C=O) groups excluding carboxylic acids is 1. The fourth-order valence-corrected chi connectivity index (χ4v) is 3.06. The number of ketones is 1. The van der Waals surface area contributed by atoms with Gasteiger partial charge in [0.1, 0.15) is 0 Å². The van der Waals surface area contributed by atoms with Gasteiger partial charge < -0.3 is 4.98 Å². The number of H-pyrrole nitrogens is 1. The fraction of sp³-hybridized carbons (Fsp3) is 0. The molecule has 0 spiro atoms. The Kier molecular flexibility index (Phi) is 3.59. The van der Waals surface area contributed by atoms with Crippen LogP contribution in [0.4, 0.5) is 0 Å². The summed E-state index contributed by atoms with van der Waals surface area (Å²) in [4.78, 5) is 15.7. The van der Waals surface area contributed by atoms with Crippen LogP contribution in [-0.4, -0.2) is 10.8 Å². The van der Waals surface area contributed by atoms with Gasteiger partial charge in [-0.2, -0.15) is 0 Å². The predicted octanol–water partition coefficient (Wildman–Crippen LogP) is 5.47. The molecule has 0 saturated carbocycles. The maximum Gasteiger partial charge on any atom is 0.198 e. The highest BCUT2D eigenvalue weighted by atomic mass is 79.9. The van der Waals surface area contributed by atoms with Crippen molar-refractivity contribution in [1.29, 1.82) is 0 Å². The molecule has 1 aromatic heterocycles. The van der Waals surface area contributed by atoms with Gasteiger partial charge >= 0.3 is 0 Å². The maximum atomic E-state index is 12.7. The largest absolute Gasteiger partial charge is 0.360 e. The zero-order valence-corrected chi connectivity index (χ0v) is 13.2. The molecule has 0 aliphatic heterocycles. The molecule has 5 heteroatoms. The average molecular weight is 369 g/mol.